The molecule has 2 rings (SSSR count). The number of benzene rings is 1. The van der Waals surface area contributed by atoms with Gasteiger partial charge in [0.25, 0.3) is 0 Å². The average molecular weight is 228 g/mol. The molecule has 1 aromatic heterocycles. The quantitative estimate of drug-likeness (QED) is 0.791. The van der Waals surface area contributed by atoms with E-state index >= 15 is 0 Å². The topological polar surface area (TPSA) is 63.8 Å². The third-order valence-corrected chi connectivity index (χ3v) is 2.82. The van der Waals surface area contributed by atoms with Gasteiger partial charge in [-0.15, -0.1) is 0 Å². The summed E-state index contributed by atoms with van der Waals surface area (Å²) in [6.07, 6.45) is 3.37. The highest BCUT2D eigenvalue weighted by molar-refractivity contribution is 5.51. The molecule has 0 saturated heterocycles. The van der Waals surface area contributed by atoms with Crippen LogP contribution in [0.15, 0.2) is 30.6 Å². The number of aromatic nitrogens is 2. The van der Waals surface area contributed by atoms with E-state index in [4.69, 9.17) is 5.73 Å². The van der Waals surface area contributed by atoms with Crippen LogP contribution < -0.4 is 11.1 Å². The van der Waals surface area contributed by atoms with Gasteiger partial charge in [0.15, 0.2) is 0 Å². The fourth-order valence-corrected chi connectivity index (χ4v) is 1.65. The van der Waals surface area contributed by atoms with Gasteiger partial charge in [0.05, 0.1) is 5.69 Å². The number of hydrogen-bond donors (Lipinski definition) is 2. The van der Waals surface area contributed by atoms with Gasteiger partial charge in [-0.1, -0.05) is 12.1 Å². The van der Waals surface area contributed by atoms with Crippen molar-refractivity contribution in [2.45, 2.75) is 20.4 Å². The molecule has 0 atom stereocenters. The fourth-order valence-electron chi connectivity index (χ4n) is 1.65. The Balaban J connectivity index is 2.13. The summed E-state index contributed by atoms with van der Waals surface area (Å²) >= 11 is 0. The molecule has 0 radical (unpaired) electrons. The third-order valence-electron chi connectivity index (χ3n) is 2.82. The van der Waals surface area contributed by atoms with Crippen LogP contribution in [-0.4, -0.2) is 9.97 Å². The van der Waals surface area contributed by atoms with Crippen LogP contribution in [0.5, 0.6) is 0 Å². The number of hydrogen-bond acceptors (Lipinski definition) is 4. The van der Waals surface area contributed by atoms with E-state index in [-0.39, 0.29) is 0 Å². The highest BCUT2D eigenvalue weighted by Gasteiger charge is 2.03. The maximum atomic E-state index is 5.86. The van der Waals surface area contributed by atoms with Crippen LogP contribution in [0.3, 0.4) is 0 Å². The molecular weight excluding hydrogens is 212 g/mol. The van der Waals surface area contributed by atoms with Gasteiger partial charge in [0, 0.05) is 24.6 Å². The zero-order valence-corrected chi connectivity index (χ0v) is 10.1. The first-order valence-electron chi connectivity index (χ1n) is 5.54. The highest BCUT2D eigenvalue weighted by Crippen LogP contribution is 2.17. The Morgan fingerprint density at radius 3 is 2.71 bits per heavy atom. The molecule has 0 amide bonds. The van der Waals surface area contributed by atoms with Crippen molar-refractivity contribution in [3.05, 3.63) is 47.4 Å². The number of nitrogens with zero attached hydrogens (tertiary/aromatic N) is 2. The van der Waals surface area contributed by atoms with Crippen LogP contribution in [0.25, 0.3) is 0 Å². The molecule has 0 aliphatic rings. The van der Waals surface area contributed by atoms with Crippen molar-refractivity contribution in [2.75, 3.05) is 11.1 Å². The van der Waals surface area contributed by atoms with Crippen molar-refractivity contribution < 1.29 is 0 Å². The van der Waals surface area contributed by atoms with Crippen LogP contribution in [0, 0.1) is 13.8 Å². The minimum Gasteiger partial charge on any atom is -0.399 e. The molecule has 4 heteroatoms. The SMILES string of the molecule is Cc1nccnc1NCc1cccc(N)c1C. The first-order chi connectivity index (χ1) is 8.18. The molecule has 0 aliphatic carbocycles. The van der Waals surface area contributed by atoms with Gasteiger partial charge in [0.1, 0.15) is 5.82 Å². The molecule has 17 heavy (non-hydrogen) atoms. The number of nitrogen functional groups attached to an aromatic ring is 1. The second kappa shape index (κ2) is 4.82. The Bertz CT molecular complexity index is 523. The van der Waals surface area contributed by atoms with Gasteiger partial charge in [-0.25, -0.2) is 4.98 Å². The lowest BCUT2D eigenvalue weighted by Crippen LogP contribution is -2.06. The predicted molar refractivity (Wildman–Crippen MR) is 69.7 cm³/mol. The van der Waals surface area contributed by atoms with Crippen molar-refractivity contribution >= 4 is 11.5 Å². The second-order valence-electron chi connectivity index (χ2n) is 3.98. The van der Waals surface area contributed by atoms with E-state index in [0.717, 1.165) is 22.8 Å². The zero-order chi connectivity index (χ0) is 12.3. The summed E-state index contributed by atoms with van der Waals surface area (Å²) in [4.78, 5) is 8.42. The number of nitrogens with two attached hydrogens (primary N) is 1. The first kappa shape index (κ1) is 11.4. The molecule has 1 aromatic carbocycles. The highest BCUT2D eigenvalue weighted by atomic mass is 15.0. The van der Waals surface area contributed by atoms with Gasteiger partial charge in [-0.05, 0) is 31.0 Å². The number of anilines is 2. The van der Waals surface area contributed by atoms with Gasteiger partial charge in [-0.3, -0.25) is 4.98 Å². The first-order valence-corrected chi connectivity index (χ1v) is 5.54. The van der Waals surface area contributed by atoms with Gasteiger partial charge in [-0.2, -0.15) is 0 Å². The number of rotatable bonds is 3. The standard InChI is InChI=1S/C13H16N4/c1-9-11(4-3-5-12(9)14)8-17-13-10(2)15-6-7-16-13/h3-7H,8,14H2,1-2H3,(H,16,17). The summed E-state index contributed by atoms with van der Waals surface area (Å²) in [6.45, 7) is 4.66. The van der Waals surface area contributed by atoms with Crippen LogP contribution in [0.2, 0.25) is 0 Å². The normalized spacial score (nSPS) is 10.2. The molecule has 0 spiro atoms. The summed E-state index contributed by atoms with van der Waals surface area (Å²) in [7, 11) is 0. The molecule has 0 aliphatic heterocycles. The molecule has 0 bridgehead atoms. The van der Waals surface area contributed by atoms with E-state index in [1.54, 1.807) is 12.4 Å². The monoisotopic (exact) mass is 228 g/mol. The minimum atomic E-state index is 0.705. The van der Waals surface area contributed by atoms with Crippen molar-refractivity contribution in [3.8, 4) is 0 Å². The van der Waals surface area contributed by atoms with E-state index in [9.17, 15) is 0 Å². The Morgan fingerprint density at radius 1 is 1.18 bits per heavy atom. The summed E-state index contributed by atoms with van der Waals surface area (Å²) in [5, 5.41) is 3.27. The van der Waals surface area contributed by atoms with Crippen LogP contribution in [0.4, 0.5) is 11.5 Å². The number of nitrogens with one attached hydrogen (secondary N) is 1. The van der Waals surface area contributed by atoms with E-state index in [2.05, 4.69) is 21.4 Å². The van der Waals surface area contributed by atoms with Gasteiger partial charge in [0.2, 0.25) is 0 Å². The molecule has 0 unspecified atom stereocenters. The van der Waals surface area contributed by atoms with Crippen LogP contribution in [-0.2, 0) is 6.54 Å². The molecule has 4 nitrogen and oxygen atoms in total. The molecule has 0 saturated carbocycles. The number of aryl methyl sites for hydroxylation is 1. The average Bonchev–Trinajstić information content (AvgIpc) is 2.33. The van der Waals surface area contributed by atoms with E-state index in [1.807, 2.05) is 26.0 Å². The molecule has 0 fully saturated rings. The smallest absolute Gasteiger partial charge is 0.147 e. The minimum absolute atomic E-state index is 0.705. The lowest BCUT2D eigenvalue weighted by Gasteiger charge is -2.11. The van der Waals surface area contributed by atoms with Gasteiger partial charge < -0.3 is 11.1 Å². The molecular formula is C13H16N4. The van der Waals surface area contributed by atoms with E-state index in [1.165, 1.54) is 5.56 Å². The largest absolute Gasteiger partial charge is 0.399 e. The van der Waals surface area contributed by atoms with Crippen molar-refractivity contribution in [1.82, 2.24) is 9.97 Å². The lowest BCUT2D eigenvalue weighted by atomic mass is 10.1. The van der Waals surface area contributed by atoms with Gasteiger partial charge >= 0.3 is 0 Å². The molecule has 88 valence electrons. The van der Waals surface area contributed by atoms with E-state index < -0.39 is 0 Å². The molecule has 2 aromatic rings. The summed E-state index contributed by atoms with van der Waals surface area (Å²) in [5.74, 6) is 0.814. The summed E-state index contributed by atoms with van der Waals surface area (Å²) in [5.41, 5.74) is 9.87. The molecule has 3 N–H and O–H groups in total. The Kier molecular flexibility index (Phi) is 3.23. The van der Waals surface area contributed by atoms with E-state index in [0.29, 0.717) is 6.54 Å². The summed E-state index contributed by atoms with van der Waals surface area (Å²) < 4.78 is 0. The van der Waals surface area contributed by atoms with Crippen molar-refractivity contribution in [3.63, 3.8) is 0 Å². The van der Waals surface area contributed by atoms with Crippen LogP contribution in [0.1, 0.15) is 16.8 Å². The van der Waals surface area contributed by atoms with Crippen molar-refractivity contribution in [1.29, 1.82) is 0 Å². The Morgan fingerprint density at radius 2 is 1.94 bits per heavy atom. The second-order valence-corrected chi connectivity index (χ2v) is 3.98. The summed E-state index contributed by atoms with van der Waals surface area (Å²) in [6, 6.07) is 5.93. The third kappa shape index (κ3) is 2.53. The predicted octanol–water partition coefficient (Wildman–Crippen LogP) is 2.29. The maximum absolute atomic E-state index is 5.86. The Labute approximate surface area is 101 Å². The van der Waals surface area contributed by atoms with Crippen molar-refractivity contribution in [2.24, 2.45) is 0 Å². The molecule has 1 heterocycles. The maximum Gasteiger partial charge on any atom is 0.147 e. The Hall–Kier alpha value is -2.10. The van der Waals surface area contributed by atoms with Crippen LogP contribution >= 0.6 is 0 Å². The fraction of sp³-hybridized carbons (Fsp3) is 0.231. The zero-order valence-electron chi connectivity index (χ0n) is 10.1. The lowest BCUT2D eigenvalue weighted by molar-refractivity contribution is 1.04.